The van der Waals surface area contributed by atoms with Gasteiger partial charge in [-0.3, -0.25) is 14.5 Å². The number of nitrogens with zero attached hydrogens (tertiary/aromatic N) is 3. The molecule has 1 N–H and O–H groups in total. The number of benzene rings is 2. The SMILES string of the molecule is Cc1cc(CC(=O)Nc2cnn(C(C)(C)C)c2)ccc1Oc1ccnc2ccc(P3(=O)CCCC3)cc12. The Hall–Kier alpha value is -3.44. The molecule has 5 rings (SSSR count). The summed E-state index contributed by atoms with van der Waals surface area (Å²) in [6.07, 6.45) is 9.09. The van der Waals surface area contributed by atoms with E-state index in [1.54, 1.807) is 12.4 Å². The van der Waals surface area contributed by atoms with E-state index in [0.717, 1.165) is 52.5 Å². The first-order valence-corrected chi connectivity index (χ1v) is 14.8. The number of hydrogen-bond acceptors (Lipinski definition) is 5. The van der Waals surface area contributed by atoms with Crippen molar-refractivity contribution in [2.45, 2.75) is 52.5 Å². The van der Waals surface area contributed by atoms with Crippen molar-refractivity contribution in [3.8, 4) is 11.5 Å². The van der Waals surface area contributed by atoms with Crippen molar-refractivity contribution in [3.05, 3.63) is 72.2 Å². The van der Waals surface area contributed by atoms with Gasteiger partial charge >= 0.3 is 0 Å². The Balaban J connectivity index is 1.32. The van der Waals surface area contributed by atoms with Crippen LogP contribution in [0, 0.1) is 6.92 Å². The highest BCUT2D eigenvalue weighted by Gasteiger charge is 2.29. The fourth-order valence-electron chi connectivity index (χ4n) is 4.76. The largest absolute Gasteiger partial charge is 0.456 e. The van der Waals surface area contributed by atoms with Gasteiger partial charge < -0.3 is 14.6 Å². The summed E-state index contributed by atoms with van der Waals surface area (Å²) in [5.74, 6) is 1.29. The first kappa shape index (κ1) is 25.2. The molecule has 1 aliphatic rings. The van der Waals surface area contributed by atoms with E-state index in [2.05, 4.69) is 36.2 Å². The predicted octanol–water partition coefficient (Wildman–Crippen LogP) is 6.25. The molecule has 3 heterocycles. The van der Waals surface area contributed by atoms with Crippen LogP contribution in [0.2, 0.25) is 0 Å². The topological polar surface area (TPSA) is 86.1 Å². The Bertz CT molecular complexity index is 1510. The first-order valence-electron chi connectivity index (χ1n) is 12.7. The van der Waals surface area contributed by atoms with Crippen LogP contribution in [0.4, 0.5) is 5.69 Å². The van der Waals surface area contributed by atoms with Crippen molar-refractivity contribution in [2.75, 3.05) is 17.6 Å². The van der Waals surface area contributed by atoms with Gasteiger partial charge in [-0.15, -0.1) is 0 Å². The molecule has 0 saturated carbocycles. The monoisotopic (exact) mass is 516 g/mol. The number of carbonyl (C=O) groups excluding carboxylic acids is 1. The van der Waals surface area contributed by atoms with Crippen LogP contribution in [0.25, 0.3) is 10.9 Å². The highest BCUT2D eigenvalue weighted by atomic mass is 31.2. The average Bonchev–Trinajstić information content (AvgIpc) is 3.50. The molecule has 37 heavy (non-hydrogen) atoms. The molecule has 8 heteroatoms. The Kier molecular flexibility index (Phi) is 6.67. The molecule has 192 valence electrons. The maximum Gasteiger partial charge on any atom is 0.228 e. The molecule has 0 aliphatic carbocycles. The first-order chi connectivity index (χ1) is 17.6. The van der Waals surface area contributed by atoms with Crippen LogP contribution < -0.4 is 15.4 Å². The molecule has 1 amide bonds. The van der Waals surface area contributed by atoms with E-state index in [9.17, 15) is 9.36 Å². The number of pyridine rings is 1. The third-order valence-electron chi connectivity index (χ3n) is 6.82. The van der Waals surface area contributed by atoms with E-state index >= 15 is 0 Å². The van der Waals surface area contributed by atoms with E-state index < -0.39 is 7.14 Å². The van der Waals surface area contributed by atoms with Crippen LogP contribution in [0.5, 0.6) is 11.5 Å². The smallest absolute Gasteiger partial charge is 0.228 e. The van der Waals surface area contributed by atoms with E-state index in [1.807, 2.05) is 60.3 Å². The summed E-state index contributed by atoms with van der Waals surface area (Å²) in [5.41, 5.74) is 3.17. The van der Waals surface area contributed by atoms with Gasteiger partial charge in [-0.1, -0.05) is 12.1 Å². The fourth-order valence-corrected chi connectivity index (χ4v) is 7.67. The number of carbonyl (C=O) groups is 1. The molecule has 0 radical (unpaired) electrons. The highest BCUT2D eigenvalue weighted by molar-refractivity contribution is 7.71. The van der Waals surface area contributed by atoms with E-state index in [-0.39, 0.29) is 17.9 Å². The lowest BCUT2D eigenvalue weighted by atomic mass is 10.1. The quantitative estimate of drug-likeness (QED) is 0.306. The third-order valence-corrected chi connectivity index (χ3v) is 10.1. The summed E-state index contributed by atoms with van der Waals surface area (Å²) >= 11 is 0. The number of amides is 1. The van der Waals surface area contributed by atoms with Crippen molar-refractivity contribution < 1.29 is 14.1 Å². The van der Waals surface area contributed by atoms with Crippen molar-refractivity contribution in [3.63, 3.8) is 0 Å². The van der Waals surface area contributed by atoms with Gasteiger partial charge in [0.1, 0.15) is 18.6 Å². The lowest BCUT2D eigenvalue weighted by molar-refractivity contribution is -0.115. The van der Waals surface area contributed by atoms with Crippen molar-refractivity contribution >= 4 is 34.9 Å². The summed E-state index contributed by atoms with van der Waals surface area (Å²) in [4.78, 5) is 17.1. The molecule has 4 aromatic rings. The third kappa shape index (κ3) is 5.47. The summed E-state index contributed by atoms with van der Waals surface area (Å²) in [5, 5.41) is 9.04. The van der Waals surface area contributed by atoms with Crippen LogP contribution in [0.15, 0.2) is 61.1 Å². The van der Waals surface area contributed by atoms with Gasteiger partial charge in [0.25, 0.3) is 0 Å². The average molecular weight is 517 g/mol. The zero-order chi connectivity index (χ0) is 26.2. The molecule has 0 spiro atoms. The molecule has 0 bridgehead atoms. The van der Waals surface area contributed by atoms with E-state index in [4.69, 9.17) is 4.74 Å². The molecule has 1 aliphatic heterocycles. The van der Waals surface area contributed by atoms with Crippen molar-refractivity contribution in [1.29, 1.82) is 0 Å². The Morgan fingerprint density at radius 1 is 1.08 bits per heavy atom. The molecule has 0 atom stereocenters. The number of ether oxygens (including phenoxy) is 1. The van der Waals surface area contributed by atoms with Gasteiger partial charge in [0.15, 0.2) is 0 Å². The Morgan fingerprint density at radius 3 is 2.57 bits per heavy atom. The molecule has 2 aromatic carbocycles. The minimum absolute atomic E-state index is 0.101. The normalized spacial score (nSPS) is 15.1. The van der Waals surface area contributed by atoms with Crippen molar-refractivity contribution in [1.82, 2.24) is 14.8 Å². The van der Waals surface area contributed by atoms with E-state index in [1.165, 1.54) is 0 Å². The number of fused-ring (bicyclic) bond motifs is 1. The maximum absolute atomic E-state index is 13.4. The van der Waals surface area contributed by atoms with Gasteiger partial charge in [-0.2, -0.15) is 5.10 Å². The van der Waals surface area contributed by atoms with Crippen LogP contribution in [-0.4, -0.2) is 33.0 Å². The predicted molar refractivity (Wildman–Crippen MR) is 149 cm³/mol. The van der Waals surface area contributed by atoms with Gasteiger partial charge in [0.2, 0.25) is 5.91 Å². The number of aromatic nitrogens is 3. The zero-order valence-corrected chi connectivity index (χ0v) is 22.7. The lowest BCUT2D eigenvalue weighted by Gasteiger charge is -2.18. The van der Waals surface area contributed by atoms with Gasteiger partial charge in [0.05, 0.1) is 29.4 Å². The molecule has 7 nitrogen and oxygen atoms in total. The van der Waals surface area contributed by atoms with Crippen LogP contribution >= 0.6 is 7.14 Å². The highest BCUT2D eigenvalue weighted by Crippen LogP contribution is 2.51. The Labute approximate surface area is 217 Å². The Morgan fingerprint density at radius 2 is 1.86 bits per heavy atom. The van der Waals surface area contributed by atoms with Gasteiger partial charge in [0, 0.05) is 35.4 Å². The molecule has 1 fully saturated rings. The molecular weight excluding hydrogens is 483 g/mol. The second-order valence-electron chi connectivity index (χ2n) is 10.8. The standard InChI is InChI=1S/C29H33N4O3P/c1-20-15-21(16-28(34)32-22-18-31-33(19-22)29(2,3)4)7-10-26(20)36-27-11-12-30-25-9-8-23(17-24(25)27)37(35)13-5-6-14-37/h7-12,15,17-19H,5-6,13-14,16H2,1-4H3,(H,32,34). The summed E-state index contributed by atoms with van der Waals surface area (Å²) in [7, 11) is -2.32. The van der Waals surface area contributed by atoms with Crippen LogP contribution in [0.3, 0.4) is 0 Å². The summed E-state index contributed by atoms with van der Waals surface area (Å²) in [6.45, 7) is 8.14. The maximum atomic E-state index is 13.4. The molecule has 0 unspecified atom stereocenters. The minimum Gasteiger partial charge on any atom is -0.456 e. The lowest BCUT2D eigenvalue weighted by Crippen LogP contribution is -2.22. The number of anilines is 1. The summed E-state index contributed by atoms with van der Waals surface area (Å²) < 4.78 is 21.5. The molecule has 2 aromatic heterocycles. The number of aryl methyl sites for hydroxylation is 1. The zero-order valence-electron chi connectivity index (χ0n) is 21.8. The number of rotatable bonds is 6. The second kappa shape index (κ2) is 9.79. The fraction of sp³-hybridized carbons (Fsp3) is 0.345. The van der Waals surface area contributed by atoms with E-state index in [0.29, 0.717) is 17.2 Å². The van der Waals surface area contributed by atoms with Crippen LogP contribution in [-0.2, 0) is 21.3 Å². The van der Waals surface area contributed by atoms with Crippen molar-refractivity contribution in [2.24, 2.45) is 0 Å². The van der Waals surface area contributed by atoms with Crippen LogP contribution in [0.1, 0.15) is 44.7 Å². The van der Waals surface area contributed by atoms with Gasteiger partial charge in [-0.05, 0) is 82.0 Å². The molecular formula is C29H33N4O3P. The van der Waals surface area contributed by atoms with Gasteiger partial charge in [-0.25, -0.2) is 0 Å². The second-order valence-corrected chi connectivity index (χ2v) is 14.0. The molecule has 1 saturated heterocycles. The number of hydrogen-bond donors (Lipinski definition) is 1. The summed E-state index contributed by atoms with van der Waals surface area (Å²) in [6, 6.07) is 13.5. The number of nitrogens with one attached hydrogen (secondary N) is 1. The minimum atomic E-state index is -2.32.